The van der Waals surface area contributed by atoms with E-state index in [1.165, 1.54) is 13.2 Å². The third-order valence-corrected chi connectivity index (χ3v) is 7.83. The molecule has 2 fully saturated rings. The number of amides is 1. The predicted octanol–water partition coefficient (Wildman–Crippen LogP) is 4.62. The Labute approximate surface area is 231 Å². The maximum Gasteiger partial charge on any atom is 0.418 e. The first-order valence-electron chi connectivity index (χ1n) is 13.7. The fraction of sp³-hybridized carbons (Fsp3) is 0.500. The Morgan fingerprint density at radius 1 is 1.10 bits per heavy atom. The number of likely N-dealkylation sites (tertiary alicyclic amines) is 1. The number of halogens is 3. The van der Waals surface area contributed by atoms with Crippen molar-refractivity contribution >= 4 is 34.1 Å². The molecule has 3 N–H and O–H groups in total. The van der Waals surface area contributed by atoms with Crippen LogP contribution in [0.2, 0.25) is 0 Å². The Hall–Kier alpha value is -3.51. The van der Waals surface area contributed by atoms with Gasteiger partial charge in [0, 0.05) is 75.4 Å². The first-order chi connectivity index (χ1) is 19.2. The van der Waals surface area contributed by atoms with E-state index < -0.39 is 11.7 Å². The van der Waals surface area contributed by atoms with Gasteiger partial charge in [0.15, 0.2) is 0 Å². The molecule has 40 heavy (non-hydrogen) atoms. The van der Waals surface area contributed by atoms with Crippen molar-refractivity contribution in [3.63, 3.8) is 0 Å². The van der Waals surface area contributed by atoms with Crippen LogP contribution in [0.15, 0.2) is 30.5 Å². The minimum absolute atomic E-state index is 0.01000. The molecule has 0 saturated carbocycles. The number of methoxy groups -OCH3 is 1. The number of hydrogen-bond acceptors (Lipinski definition) is 7. The fourth-order valence-corrected chi connectivity index (χ4v) is 5.62. The number of alkyl halides is 3. The second-order valence-corrected chi connectivity index (χ2v) is 10.4. The molecule has 0 spiro atoms. The van der Waals surface area contributed by atoms with Gasteiger partial charge in [0.2, 0.25) is 0 Å². The molecule has 0 radical (unpaired) electrons. The van der Waals surface area contributed by atoms with Crippen LogP contribution in [-0.4, -0.2) is 96.6 Å². The number of nitrogens with zero attached hydrogens (tertiary/aromatic N) is 4. The van der Waals surface area contributed by atoms with Gasteiger partial charge in [0.25, 0.3) is 5.91 Å². The molecule has 5 rings (SSSR count). The third-order valence-electron chi connectivity index (χ3n) is 7.83. The number of aromatic amines is 1. The van der Waals surface area contributed by atoms with Crippen molar-refractivity contribution in [1.82, 2.24) is 24.7 Å². The van der Waals surface area contributed by atoms with Crippen LogP contribution >= 0.6 is 0 Å². The number of H-pyrrole nitrogens is 1. The Kier molecular flexibility index (Phi) is 8.09. The van der Waals surface area contributed by atoms with E-state index in [1.54, 1.807) is 18.2 Å². The number of aromatic nitrogens is 2. The van der Waals surface area contributed by atoms with Gasteiger partial charge in [-0.2, -0.15) is 13.2 Å². The molecular weight excluding hydrogens is 523 g/mol. The zero-order valence-electron chi connectivity index (χ0n) is 23.1. The normalized spacial score (nSPS) is 17.8. The summed E-state index contributed by atoms with van der Waals surface area (Å²) in [6, 6.07) is 7.22. The Morgan fingerprint density at radius 3 is 2.48 bits per heavy atom. The van der Waals surface area contributed by atoms with E-state index in [9.17, 15) is 18.0 Å². The van der Waals surface area contributed by atoms with E-state index in [0.717, 1.165) is 45.2 Å². The summed E-state index contributed by atoms with van der Waals surface area (Å²) in [5.41, 5.74) is 0.722. The van der Waals surface area contributed by atoms with Gasteiger partial charge in [-0.3, -0.25) is 9.69 Å². The number of anilines is 3. The van der Waals surface area contributed by atoms with Gasteiger partial charge in [-0.25, -0.2) is 4.98 Å². The average Bonchev–Trinajstić information content (AvgIpc) is 3.39. The minimum Gasteiger partial charge on any atom is -0.495 e. The first-order valence-corrected chi connectivity index (χ1v) is 13.7. The maximum absolute atomic E-state index is 13.5. The molecule has 0 unspecified atom stereocenters. The lowest BCUT2D eigenvalue weighted by molar-refractivity contribution is -0.136. The van der Waals surface area contributed by atoms with Gasteiger partial charge in [-0.05, 0) is 45.0 Å². The van der Waals surface area contributed by atoms with Crippen LogP contribution in [-0.2, 0) is 6.18 Å². The second-order valence-electron chi connectivity index (χ2n) is 10.4. The highest BCUT2D eigenvalue weighted by molar-refractivity contribution is 5.97. The highest BCUT2D eigenvalue weighted by Gasteiger charge is 2.35. The van der Waals surface area contributed by atoms with Crippen LogP contribution in [0, 0.1) is 0 Å². The van der Waals surface area contributed by atoms with Crippen molar-refractivity contribution in [2.45, 2.75) is 32.0 Å². The molecule has 9 nitrogen and oxygen atoms in total. The number of ether oxygens (including phenoxy) is 1. The summed E-state index contributed by atoms with van der Waals surface area (Å²) in [4.78, 5) is 27.1. The minimum atomic E-state index is -4.51. The van der Waals surface area contributed by atoms with Gasteiger partial charge in [0.1, 0.15) is 17.2 Å². The zero-order chi connectivity index (χ0) is 28.4. The molecule has 2 aliphatic heterocycles. The van der Waals surface area contributed by atoms with E-state index in [4.69, 9.17) is 4.74 Å². The number of carbonyl (C=O) groups is 1. The lowest BCUT2D eigenvalue weighted by atomic mass is 10.0. The van der Waals surface area contributed by atoms with Crippen molar-refractivity contribution in [2.24, 2.45) is 0 Å². The number of piperazine rings is 1. The van der Waals surface area contributed by atoms with Crippen molar-refractivity contribution in [1.29, 1.82) is 0 Å². The number of rotatable bonds is 7. The van der Waals surface area contributed by atoms with Crippen LogP contribution in [0.1, 0.15) is 35.7 Å². The topological polar surface area (TPSA) is 88.8 Å². The van der Waals surface area contributed by atoms with Crippen molar-refractivity contribution in [2.75, 3.05) is 70.6 Å². The molecule has 1 amide bonds. The maximum atomic E-state index is 13.5. The van der Waals surface area contributed by atoms with Crippen LogP contribution in [0.25, 0.3) is 11.0 Å². The third kappa shape index (κ3) is 5.83. The Bertz CT molecular complexity index is 1340. The largest absolute Gasteiger partial charge is 0.495 e. The number of carbonyl (C=O) groups excluding carboxylic acids is 1. The predicted molar refractivity (Wildman–Crippen MR) is 150 cm³/mol. The molecule has 3 aromatic rings. The van der Waals surface area contributed by atoms with Crippen LogP contribution < -0.4 is 15.4 Å². The second kappa shape index (κ2) is 11.5. The molecule has 2 saturated heterocycles. The van der Waals surface area contributed by atoms with E-state index in [2.05, 4.69) is 37.4 Å². The average molecular weight is 560 g/mol. The smallest absolute Gasteiger partial charge is 0.418 e. The molecule has 216 valence electrons. The summed E-state index contributed by atoms with van der Waals surface area (Å²) in [6.45, 7) is 7.99. The summed E-state index contributed by atoms with van der Waals surface area (Å²) in [6.07, 6.45) is -1.66. The standard InChI is InChI=1S/C28H36F3N7O2/c1-4-32-22-16-24(35-26-25(22)20(17-33-26)28(29,30)31)34-21-6-5-18(15-23(21)40-3)27(39)38-9-7-19(8-10-38)37-13-11-36(2)12-14-37/h5-6,15-17,19H,4,7-14H2,1-3H3,(H3,32,33,34,35). The van der Waals surface area contributed by atoms with E-state index in [0.29, 0.717) is 54.2 Å². The summed E-state index contributed by atoms with van der Waals surface area (Å²) in [5.74, 6) is 0.733. The number of benzene rings is 1. The summed E-state index contributed by atoms with van der Waals surface area (Å²) < 4.78 is 46.2. The first kappa shape index (κ1) is 28.0. The SMILES string of the molecule is CCNc1cc(Nc2ccc(C(=O)N3CCC(N4CCN(C)CC4)CC3)cc2OC)nc2[nH]cc(C(F)(F)F)c12. The van der Waals surface area contributed by atoms with Crippen molar-refractivity contribution < 1.29 is 22.7 Å². The van der Waals surface area contributed by atoms with E-state index in [1.807, 2.05) is 11.8 Å². The van der Waals surface area contributed by atoms with Gasteiger partial charge in [-0.1, -0.05) is 0 Å². The Morgan fingerprint density at radius 2 is 1.82 bits per heavy atom. The molecule has 12 heteroatoms. The van der Waals surface area contributed by atoms with Gasteiger partial charge in [-0.15, -0.1) is 0 Å². The number of piperidine rings is 1. The van der Waals surface area contributed by atoms with Crippen molar-refractivity contribution in [3.05, 3.63) is 41.6 Å². The molecular formula is C28H36F3N7O2. The van der Waals surface area contributed by atoms with Crippen LogP contribution in [0.5, 0.6) is 5.75 Å². The molecule has 2 aliphatic rings. The molecule has 4 heterocycles. The molecule has 0 aliphatic carbocycles. The quantitative estimate of drug-likeness (QED) is 0.390. The van der Waals surface area contributed by atoms with E-state index in [-0.39, 0.29) is 16.9 Å². The lowest BCUT2D eigenvalue weighted by Crippen LogP contribution is -2.52. The van der Waals surface area contributed by atoms with Gasteiger partial charge < -0.3 is 30.2 Å². The Balaban J connectivity index is 1.30. The summed E-state index contributed by atoms with van der Waals surface area (Å²) in [7, 11) is 3.66. The number of pyridine rings is 1. The summed E-state index contributed by atoms with van der Waals surface area (Å²) >= 11 is 0. The fourth-order valence-electron chi connectivity index (χ4n) is 5.62. The highest BCUT2D eigenvalue weighted by Crippen LogP contribution is 2.39. The number of fused-ring (bicyclic) bond motifs is 1. The van der Waals surface area contributed by atoms with Crippen molar-refractivity contribution in [3.8, 4) is 5.75 Å². The molecule has 2 aromatic heterocycles. The molecule has 1 aromatic carbocycles. The number of nitrogens with one attached hydrogen (secondary N) is 3. The number of hydrogen-bond donors (Lipinski definition) is 3. The van der Waals surface area contributed by atoms with E-state index >= 15 is 0 Å². The summed E-state index contributed by atoms with van der Waals surface area (Å²) in [5, 5.41) is 6.14. The highest BCUT2D eigenvalue weighted by atomic mass is 19.4. The van der Waals surface area contributed by atoms with Gasteiger partial charge >= 0.3 is 6.18 Å². The lowest BCUT2D eigenvalue weighted by Gasteiger charge is -2.42. The molecule has 0 bridgehead atoms. The van der Waals surface area contributed by atoms with Crippen LogP contribution in [0.4, 0.5) is 30.4 Å². The number of likely N-dealkylation sites (N-methyl/N-ethyl adjacent to an activating group) is 1. The van der Waals surface area contributed by atoms with Crippen LogP contribution in [0.3, 0.4) is 0 Å². The monoisotopic (exact) mass is 559 g/mol. The molecule has 0 atom stereocenters. The van der Waals surface area contributed by atoms with Gasteiger partial charge in [0.05, 0.1) is 23.7 Å². The zero-order valence-corrected chi connectivity index (χ0v) is 23.1.